The Kier molecular flexibility index (Phi) is 5.04. The molecule has 1 aromatic heterocycles. The summed E-state index contributed by atoms with van der Waals surface area (Å²) < 4.78 is 10.4. The SMILES string of the molecule is COCCc1ncc(CN2CCC(OC)C2)cn1. The van der Waals surface area contributed by atoms with E-state index in [1.807, 2.05) is 12.4 Å². The molecule has 0 N–H and O–H groups in total. The first-order valence-corrected chi connectivity index (χ1v) is 6.35. The Bertz CT molecular complexity index is 356. The Morgan fingerprint density at radius 1 is 1.33 bits per heavy atom. The molecule has 100 valence electrons. The molecule has 0 amide bonds. The van der Waals surface area contributed by atoms with Crippen molar-refractivity contribution >= 4 is 0 Å². The zero-order valence-electron chi connectivity index (χ0n) is 11.1. The normalized spacial score (nSPS) is 20.4. The Morgan fingerprint density at radius 3 is 2.72 bits per heavy atom. The van der Waals surface area contributed by atoms with Crippen molar-refractivity contribution < 1.29 is 9.47 Å². The van der Waals surface area contributed by atoms with E-state index in [2.05, 4.69) is 14.9 Å². The van der Waals surface area contributed by atoms with Gasteiger partial charge in [-0.05, 0) is 6.42 Å². The average Bonchev–Trinajstić information content (AvgIpc) is 2.86. The van der Waals surface area contributed by atoms with Gasteiger partial charge in [-0.3, -0.25) is 4.90 Å². The van der Waals surface area contributed by atoms with Gasteiger partial charge in [-0.15, -0.1) is 0 Å². The molecule has 1 fully saturated rings. The van der Waals surface area contributed by atoms with Gasteiger partial charge in [-0.1, -0.05) is 0 Å². The van der Waals surface area contributed by atoms with Gasteiger partial charge in [0.2, 0.25) is 0 Å². The molecule has 0 aliphatic carbocycles. The van der Waals surface area contributed by atoms with Gasteiger partial charge in [-0.2, -0.15) is 0 Å². The highest BCUT2D eigenvalue weighted by molar-refractivity contribution is 5.05. The van der Waals surface area contributed by atoms with Crippen LogP contribution >= 0.6 is 0 Å². The van der Waals surface area contributed by atoms with E-state index < -0.39 is 0 Å². The molecular weight excluding hydrogens is 230 g/mol. The van der Waals surface area contributed by atoms with Crippen molar-refractivity contribution in [2.24, 2.45) is 0 Å². The number of nitrogens with zero attached hydrogens (tertiary/aromatic N) is 3. The maximum Gasteiger partial charge on any atom is 0.130 e. The second-order valence-electron chi connectivity index (χ2n) is 4.63. The van der Waals surface area contributed by atoms with Gasteiger partial charge in [0.1, 0.15) is 5.82 Å². The number of rotatable bonds is 6. The minimum absolute atomic E-state index is 0.381. The summed E-state index contributed by atoms with van der Waals surface area (Å²) in [5, 5.41) is 0. The summed E-state index contributed by atoms with van der Waals surface area (Å²) in [7, 11) is 3.47. The van der Waals surface area contributed by atoms with Gasteiger partial charge in [0.25, 0.3) is 0 Å². The fourth-order valence-electron chi connectivity index (χ4n) is 2.18. The lowest BCUT2D eigenvalue weighted by atomic mass is 10.3. The fourth-order valence-corrected chi connectivity index (χ4v) is 2.18. The van der Waals surface area contributed by atoms with Crippen molar-refractivity contribution in [3.63, 3.8) is 0 Å². The third-order valence-electron chi connectivity index (χ3n) is 3.26. The van der Waals surface area contributed by atoms with Crippen molar-refractivity contribution in [3.8, 4) is 0 Å². The van der Waals surface area contributed by atoms with Crippen LogP contribution in [0.5, 0.6) is 0 Å². The zero-order valence-corrected chi connectivity index (χ0v) is 11.1. The summed E-state index contributed by atoms with van der Waals surface area (Å²) in [5.41, 5.74) is 1.16. The van der Waals surface area contributed by atoms with E-state index in [-0.39, 0.29) is 0 Å². The summed E-state index contributed by atoms with van der Waals surface area (Å²) in [6, 6.07) is 0. The van der Waals surface area contributed by atoms with Gasteiger partial charge in [0.05, 0.1) is 12.7 Å². The molecule has 0 spiro atoms. The number of hydrogen-bond acceptors (Lipinski definition) is 5. The van der Waals surface area contributed by atoms with E-state index in [0.29, 0.717) is 12.7 Å². The van der Waals surface area contributed by atoms with Crippen LogP contribution in [0, 0.1) is 0 Å². The minimum atomic E-state index is 0.381. The molecule has 1 atom stereocenters. The maximum atomic E-state index is 5.36. The molecule has 5 nitrogen and oxygen atoms in total. The second kappa shape index (κ2) is 6.78. The van der Waals surface area contributed by atoms with Gasteiger partial charge < -0.3 is 9.47 Å². The lowest BCUT2D eigenvalue weighted by Gasteiger charge is -2.15. The number of likely N-dealkylation sites (tertiary alicyclic amines) is 1. The van der Waals surface area contributed by atoms with Crippen LogP contribution in [0.1, 0.15) is 17.8 Å². The molecule has 1 aromatic rings. The van der Waals surface area contributed by atoms with E-state index in [9.17, 15) is 0 Å². The number of methoxy groups -OCH3 is 2. The predicted octanol–water partition coefficient (Wildman–Crippen LogP) is 0.886. The lowest BCUT2D eigenvalue weighted by molar-refractivity contribution is 0.107. The summed E-state index contributed by atoms with van der Waals surface area (Å²) in [6.07, 6.45) is 6.10. The second-order valence-corrected chi connectivity index (χ2v) is 4.63. The first-order valence-electron chi connectivity index (χ1n) is 6.35. The van der Waals surface area contributed by atoms with Crippen LogP contribution in [0.25, 0.3) is 0 Å². The van der Waals surface area contributed by atoms with Crippen LogP contribution in [0.2, 0.25) is 0 Å². The molecule has 5 heteroatoms. The predicted molar refractivity (Wildman–Crippen MR) is 68.3 cm³/mol. The Hall–Kier alpha value is -1.04. The number of hydrogen-bond donors (Lipinski definition) is 0. The summed E-state index contributed by atoms with van der Waals surface area (Å²) in [4.78, 5) is 11.1. The molecule has 18 heavy (non-hydrogen) atoms. The third kappa shape index (κ3) is 3.73. The molecule has 0 bridgehead atoms. The molecule has 0 radical (unpaired) electrons. The van der Waals surface area contributed by atoms with Crippen LogP contribution in [0.15, 0.2) is 12.4 Å². The van der Waals surface area contributed by atoms with Gasteiger partial charge >= 0.3 is 0 Å². The van der Waals surface area contributed by atoms with Crippen LogP contribution in [0.3, 0.4) is 0 Å². The van der Waals surface area contributed by atoms with Crippen LogP contribution in [-0.2, 0) is 22.4 Å². The molecule has 1 saturated heterocycles. The zero-order chi connectivity index (χ0) is 12.8. The highest BCUT2D eigenvalue weighted by atomic mass is 16.5. The quantitative estimate of drug-likeness (QED) is 0.751. The number of aromatic nitrogens is 2. The first kappa shape index (κ1) is 13.4. The third-order valence-corrected chi connectivity index (χ3v) is 3.26. The molecular formula is C13H21N3O2. The van der Waals surface area contributed by atoms with E-state index in [1.165, 1.54) is 0 Å². The van der Waals surface area contributed by atoms with Gasteiger partial charge in [0, 0.05) is 58.2 Å². The number of ether oxygens (including phenoxy) is 2. The average molecular weight is 251 g/mol. The van der Waals surface area contributed by atoms with Crippen LogP contribution in [0.4, 0.5) is 0 Å². The van der Waals surface area contributed by atoms with Crippen molar-refractivity contribution in [2.75, 3.05) is 33.9 Å². The smallest absolute Gasteiger partial charge is 0.130 e. The maximum absolute atomic E-state index is 5.36. The minimum Gasteiger partial charge on any atom is -0.384 e. The molecule has 1 unspecified atom stereocenters. The molecule has 1 aliphatic heterocycles. The van der Waals surface area contributed by atoms with Crippen molar-refractivity contribution in [1.82, 2.24) is 14.9 Å². The standard InChI is InChI=1S/C13H21N3O2/c1-17-6-4-13-14-7-11(8-15-13)9-16-5-3-12(10-16)18-2/h7-8,12H,3-6,9-10H2,1-2H3. The van der Waals surface area contributed by atoms with Crippen molar-refractivity contribution in [1.29, 1.82) is 0 Å². The summed E-state index contributed by atoms with van der Waals surface area (Å²) in [5.74, 6) is 0.844. The van der Waals surface area contributed by atoms with E-state index in [4.69, 9.17) is 9.47 Å². The Balaban J connectivity index is 1.83. The molecule has 1 aliphatic rings. The van der Waals surface area contributed by atoms with Crippen LogP contribution in [-0.4, -0.2) is 54.9 Å². The van der Waals surface area contributed by atoms with Crippen LogP contribution < -0.4 is 0 Å². The summed E-state index contributed by atoms with van der Waals surface area (Å²) >= 11 is 0. The molecule has 0 saturated carbocycles. The molecule has 0 aromatic carbocycles. The van der Waals surface area contributed by atoms with E-state index >= 15 is 0 Å². The topological polar surface area (TPSA) is 47.5 Å². The highest BCUT2D eigenvalue weighted by Gasteiger charge is 2.21. The Labute approximate surface area is 108 Å². The Morgan fingerprint density at radius 2 is 2.11 bits per heavy atom. The lowest BCUT2D eigenvalue weighted by Crippen LogP contribution is -2.22. The molecule has 2 heterocycles. The van der Waals surface area contributed by atoms with Gasteiger partial charge in [0.15, 0.2) is 0 Å². The fraction of sp³-hybridized carbons (Fsp3) is 0.692. The van der Waals surface area contributed by atoms with E-state index in [0.717, 1.165) is 43.9 Å². The highest BCUT2D eigenvalue weighted by Crippen LogP contribution is 2.14. The molecule has 2 rings (SSSR count). The largest absolute Gasteiger partial charge is 0.384 e. The van der Waals surface area contributed by atoms with E-state index in [1.54, 1.807) is 14.2 Å². The first-order chi connectivity index (χ1) is 8.81. The van der Waals surface area contributed by atoms with Crippen molar-refractivity contribution in [3.05, 3.63) is 23.8 Å². The van der Waals surface area contributed by atoms with Crippen molar-refractivity contribution in [2.45, 2.75) is 25.5 Å². The monoisotopic (exact) mass is 251 g/mol. The summed E-state index contributed by atoms with van der Waals surface area (Å²) in [6.45, 7) is 3.66. The van der Waals surface area contributed by atoms with Gasteiger partial charge in [-0.25, -0.2) is 9.97 Å².